The van der Waals surface area contributed by atoms with Crippen LogP contribution in [0.25, 0.3) is 0 Å². The minimum atomic E-state index is -4.07. The predicted octanol–water partition coefficient (Wildman–Crippen LogP) is 1.70. The van der Waals surface area contributed by atoms with E-state index < -0.39 is 30.6 Å². The lowest BCUT2D eigenvalue weighted by atomic mass is 10.1. The molecule has 0 radical (unpaired) electrons. The number of sulfonamides is 1. The van der Waals surface area contributed by atoms with E-state index in [1.165, 1.54) is 0 Å². The monoisotopic (exact) mass is 335 g/mol. The molecule has 21 heavy (non-hydrogen) atoms. The van der Waals surface area contributed by atoms with E-state index in [9.17, 15) is 21.2 Å². The van der Waals surface area contributed by atoms with Gasteiger partial charge < -0.3 is 0 Å². The van der Waals surface area contributed by atoms with E-state index in [0.29, 0.717) is 18.8 Å². The van der Waals surface area contributed by atoms with Gasteiger partial charge in [0.2, 0.25) is 10.0 Å². The van der Waals surface area contributed by atoms with Crippen LogP contribution in [0.5, 0.6) is 0 Å². The Hall–Kier alpha value is -0.990. The van der Waals surface area contributed by atoms with Crippen LogP contribution in [0.4, 0.5) is 4.39 Å². The maximum atomic E-state index is 13.8. The molecule has 1 aromatic rings. The molecule has 0 heterocycles. The molecule has 1 aromatic carbocycles. The standard InChI is InChI=1S/C13H18FNO4S2/c1-9-3-4-10(7-9)15-21(18,19)13-8-11(20(2,16)17)5-6-12(13)14/h5-6,8-10,15H,3-4,7H2,1-2H3. The highest BCUT2D eigenvalue weighted by molar-refractivity contribution is 7.91. The molecule has 8 heteroatoms. The summed E-state index contributed by atoms with van der Waals surface area (Å²) in [5.74, 6) is -0.536. The van der Waals surface area contributed by atoms with Crippen LogP contribution in [0.2, 0.25) is 0 Å². The summed E-state index contributed by atoms with van der Waals surface area (Å²) in [6, 6.07) is 2.56. The van der Waals surface area contributed by atoms with Gasteiger partial charge in [0.25, 0.3) is 0 Å². The van der Waals surface area contributed by atoms with E-state index in [1.54, 1.807) is 0 Å². The fourth-order valence-electron chi connectivity index (χ4n) is 2.52. The van der Waals surface area contributed by atoms with Gasteiger partial charge in [-0.15, -0.1) is 0 Å². The molecule has 1 fully saturated rings. The zero-order valence-corrected chi connectivity index (χ0v) is 13.5. The Balaban J connectivity index is 2.35. The summed E-state index contributed by atoms with van der Waals surface area (Å²) in [4.78, 5) is -0.839. The van der Waals surface area contributed by atoms with Crippen LogP contribution in [-0.4, -0.2) is 29.1 Å². The molecule has 2 atom stereocenters. The van der Waals surface area contributed by atoms with E-state index in [4.69, 9.17) is 0 Å². The number of benzene rings is 1. The molecule has 1 N–H and O–H groups in total. The second-order valence-electron chi connectivity index (χ2n) is 5.60. The summed E-state index contributed by atoms with van der Waals surface area (Å²) in [7, 11) is -7.67. The molecule has 1 saturated carbocycles. The molecule has 1 aliphatic carbocycles. The van der Waals surface area contributed by atoms with Crippen LogP contribution in [0, 0.1) is 11.7 Å². The van der Waals surface area contributed by atoms with Gasteiger partial charge in [-0.25, -0.2) is 25.9 Å². The number of rotatable bonds is 4. The molecular weight excluding hydrogens is 317 g/mol. The van der Waals surface area contributed by atoms with Gasteiger partial charge in [-0.05, 0) is 43.4 Å². The van der Waals surface area contributed by atoms with Gasteiger partial charge in [-0.3, -0.25) is 0 Å². The van der Waals surface area contributed by atoms with Crippen LogP contribution in [0.15, 0.2) is 28.0 Å². The molecule has 0 aliphatic heterocycles. The van der Waals surface area contributed by atoms with Gasteiger partial charge in [-0.1, -0.05) is 6.92 Å². The van der Waals surface area contributed by atoms with Crippen molar-refractivity contribution in [1.82, 2.24) is 4.72 Å². The van der Waals surface area contributed by atoms with Crippen LogP contribution >= 0.6 is 0 Å². The van der Waals surface area contributed by atoms with Crippen LogP contribution in [-0.2, 0) is 19.9 Å². The molecular formula is C13H18FNO4S2. The number of halogens is 1. The SMILES string of the molecule is CC1CCC(NS(=O)(=O)c2cc(S(C)(=O)=O)ccc2F)C1. The van der Waals surface area contributed by atoms with Gasteiger partial charge in [0.15, 0.2) is 9.84 Å². The van der Waals surface area contributed by atoms with Crippen LogP contribution in [0.3, 0.4) is 0 Å². The van der Waals surface area contributed by atoms with Gasteiger partial charge in [0, 0.05) is 12.3 Å². The molecule has 1 aliphatic rings. The van der Waals surface area contributed by atoms with Gasteiger partial charge in [0.05, 0.1) is 4.90 Å². The Kier molecular flexibility index (Phi) is 4.41. The van der Waals surface area contributed by atoms with E-state index >= 15 is 0 Å². The van der Waals surface area contributed by atoms with Gasteiger partial charge in [-0.2, -0.15) is 0 Å². The maximum absolute atomic E-state index is 13.8. The minimum Gasteiger partial charge on any atom is -0.224 e. The Bertz CT molecular complexity index is 743. The lowest BCUT2D eigenvalue weighted by Crippen LogP contribution is -2.33. The van der Waals surface area contributed by atoms with Crippen molar-refractivity contribution in [2.45, 2.75) is 42.0 Å². The van der Waals surface area contributed by atoms with E-state index in [1.807, 2.05) is 6.92 Å². The third-order valence-electron chi connectivity index (χ3n) is 3.64. The summed E-state index contributed by atoms with van der Waals surface area (Å²) in [5.41, 5.74) is 0. The highest BCUT2D eigenvalue weighted by atomic mass is 32.2. The second-order valence-corrected chi connectivity index (χ2v) is 9.30. The molecule has 0 aromatic heterocycles. The van der Waals surface area contributed by atoms with E-state index in [0.717, 1.165) is 30.9 Å². The molecule has 2 unspecified atom stereocenters. The third-order valence-corrected chi connectivity index (χ3v) is 6.28. The summed E-state index contributed by atoms with van der Waals surface area (Å²) < 4.78 is 63.7. The zero-order valence-electron chi connectivity index (χ0n) is 11.8. The van der Waals surface area contributed by atoms with E-state index in [-0.39, 0.29) is 10.9 Å². The topological polar surface area (TPSA) is 80.3 Å². The lowest BCUT2D eigenvalue weighted by molar-refractivity contribution is 0.527. The molecule has 0 saturated heterocycles. The Morgan fingerprint density at radius 3 is 2.38 bits per heavy atom. The minimum absolute atomic E-state index is 0.218. The molecule has 5 nitrogen and oxygen atoms in total. The van der Waals surface area contributed by atoms with Crippen molar-refractivity contribution < 1.29 is 21.2 Å². The van der Waals surface area contributed by atoms with Crippen molar-refractivity contribution in [3.05, 3.63) is 24.0 Å². The van der Waals surface area contributed by atoms with Crippen molar-refractivity contribution >= 4 is 19.9 Å². The first kappa shape index (κ1) is 16.4. The van der Waals surface area contributed by atoms with E-state index in [2.05, 4.69) is 4.72 Å². The van der Waals surface area contributed by atoms with Crippen LogP contribution in [0.1, 0.15) is 26.2 Å². The number of hydrogen-bond acceptors (Lipinski definition) is 4. The largest absolute Gasteiger partial charge is 0.243 e. The first-order valence-corrected chi connectivity index (χ1v) is 9.99. The predicted molar refractivity (Wildman–Crippen MR) is 76.6 cm³/mol. The Morgan fingerprint density at radius 2 is 1.86 bits per heavy atom. The first-order valence-electron chi connectivity index (χ1n) is 6.61. The first-order chi connectivity index (χ1) is 9.59. The quantitative estimate of drug-likeness (QED) is 0.849. The van der Waals surface area contributed by atoms with Crippen molar-refractivity contribution in [2.75, 3.05) is 6.26 Å². The lowest BCUT2D eigenvalue weighted by Gasteiger charge is -2.14. The number of sulfone groups is 1. The van der Waals surface area contributed by atoms with Crippen LogP contribution < -0.4 is 4.72 Å². The van der Waals surface area contributed by atoms with Crippen molar-refractivity contribution in [3.8, 4) is 0 Å². The number of hydrogen-bond donors (Lipinski definition) is 1. The third kappa shape index (κ3) is 3.81. The fourth-order valence-corrected chi connectivity index (χ4v) is 4.63. The van der Waals surface area contributed by atoms with Crippen molar-refractivity contribution in [2.24, 2.45) is 5.92 Å². The summed E-state index contributed by atoms with van der Waals surface area (Å²) in [6.07, 6.45) is 3.27. The summed E-state index contributed by atoms with van der Waals surface area (Å²) in [5, 5.41) is 0. The Labute approximate surface area is 124 Å². The molecule has 0 bridgehead atoms. The fraction of sp³-hybridized carbons (Fsp3) is 0.538. The Morgan fingerprint density at radius 1 is 1.19 bits per heavy atom. The zero-order chi connectivity index (χ0) is 15.8. The van der Waals surface area contributed by atoms with Crippen molar-refractivity contribution in [1.29, 1.82) is 0 Å². The highest BCUT2D eigenvalue weighted by Gasteiger charge is 2.28. The second kappa shape index (κ2) is 5.66. The molecule has 0 amide bonds. The van der Waals surface area contributed by atoms with Gasteiger partial charge >= 0.3 is 0 Å². The smallest absolute Gasteiger partial charge is 0.224 e. The molecule has 2 rings (SSSR count). The van der Waals surface area contributed by atoms with Crippen molar-refractivity contribution in [3.63, 3.8) is 0 Å². The normalized spacial score (nSPS) is 23.4. The maximum Gasteiger partial charge on any atom is 0.243 e. The highest BCUT2D eigenvalue weighted by Crippen LogP contribution is 2.27. The summed E-state index contributed by atoms with van der Waals surface area (Å²) >= 11 is 0. The average Bonchev–Trinajstić information content (AvgIpc) is 2.72. The molecule has 0 spiro atoms. The number of nitrogens with one attached hydrogen (secondary N) is 1. The summed E-state index contributed by atoms with van der Waals surface area (Å²) in [6.45, 7) is 2.03. The average molecular weight is 335 g/mol. The molecule has 118 valence electrons. The van der Waals surface area contributed by atoms with Gasteiger partial charge in [0.1, 0.15) is 10.7 Å².